The van der Waals surface area contributed by atoms with Gasteiger partial charge < -0.3 is 11.1 Å². The van der Waals surface area contributed by atoms with Gasteiger partial charge in [0.2, 0.25) is 0 Å². The molecule has 0 atom stereocenters. The van der Waals surface area contributed by atoms with Crippen LogP contribution in [0, 0.1) is 5.41 Å². The van der Waals surface area contributed by atoms with Crippen molar-refractivity contribution in [2.45, 2.75) is 148 Å². The van der Waals surface area contributed by atoms with Crippen LogP contribution in [0.5, 0.6) is 0 Å². The molecular formula is C27H57ClN2. The number of hydrogen-bond acceptors (Lipinski definition) is 2. The lowest BCUT2D eigenvalue weighted by molar-refractivity contribution is 0.0180. The molecule has 0 saturated carbocycles. The van der Waals surface area contributed by atoms with Crippen molar-refractivity contribution >= 4 is 12.4 Å². The summed E-state index contributed by atoms with van der Waals surface area (Å²) in [6, 6.07) is 0. The predicted octanol–water partition coefficient (Wildman–Crippen LogP) is 9.49. The minimum absolute atomic E-state index is 0. The molecule has 2 bridgehead atoms. The monoisotopic (exact) mass is 444 g/mol. The van der Waals surface area contributed by atoms with E-state index in [1.54, 1.807) is 6.42 Å². The van der Waals surface area contributed by atoms with Crippen molar-refractivity contribution in [3.8, 4) is 0 Å². The van der Waals surface area contributed by atoms with Crippen molar-refractivity contribution in [3.05, 3.63) is 0 Å². The van der Waals surface area contributed by atoms with E-state index in [2.05, 4.69) is 11.8 Å². The molecule has 0 spiro atoms. The molecule has 0 aromatic heterocycles. The Bertz CT molecular complexity index is 339. The highest BCUT2D eigenvalue weighted by molar-refractivity contribution is 5.85. The van der Waals surface area contributed by atoms with Gasteiger partial charge in [-0.05, 0) is 50.7 Å². The Labute approximate surface area is 196 Å². The molecule has 30 heavy (non-hydrogen) atoms. The van der Waals surface area contributed by atoms with Crippen molar-refractivity contribution in [2.24, 2.45) is 5.41 Å². The number of halogens is 1. The lowest BCUT2D eigenvalue weighted by Gasteiger charge is -2.48. The highest BCUT2D eigenvalue weighted by Crippen LogP contribution is 2.44. The first kappa shape index (κ1) is 30.2. The van der Waals surface area contributed by atoms with E-state index in [4.69, 9.17) is 0 Å². The van der Waals surface area contributed by atoms with Gasteiger partial charge in [-0.2, -0.15) is 0 Å². The Morgan fingerprint density at radius 2 is 0.800 bits per heavy atom. The largest absolute Gasteiger partial charge is 0.344 e. The summed E-state index contributed by atoms with van der Waals surface area (Å²) in [5.41, 5.74) is 0.782. The molecule has 3 aliphatic heterocycles. The Morgan fingerprint density at radius 1 is 0.500 bits per heavy atom. The van der Waals surface area contributed by atoms with E-state index in [0.717, 1.165) is 5.41 Å². The van der Waals surface area contributed by atoms with Gasteiger partial charge in [-0.1, -0.05) is 122 Å². The first-order valence-corrected chi connectivity index (χ1v) is 13.6. The summed E-state index contributed by atoms with van der Waals surface area (Å²) < 4.78 is 0. The van der Waals surface area contributed by atoms with Gasteiger partial charge in [-0.3, -0.25) is 0 Å². The molecule has 3 aliphatic rings. The number of nitrogens with zero attached hydrogens (tertiary/aromatic N) is 1. The zero-order valence-electron chi connectivity index (χ0n) is 20.7. The van der Waals surface area contributed by atoms with E-state index in [1.165, 1.54) is 154 Å². The first-order chi connectivity index (χ1) is 13.8. The number of unbranched alkanes of at least 4 members (excludes halogenated alkanes) is 17. The average molecular weight is 445 g/mol. The summed E-state index contributed by atoms with van der Waals surface area (Å²) >= 11 is 0. The molecule has 0 aliphatic carbocycles. The second-order valence-electron chi connectivity index (χ2n) is 10.4. The topological polar surface area (TPSA) is 38.2 Å². The van der Waals surface area contributed by atoms with Crippen molar-refractivity contribution in [1.29, 1.82) is 0 Å². The van der Waals surface area contributed by atoms with Crippen LogP contribution in [0.4, 0.5) is 0 Å². The van der Waals surface area contributed by atoms with Crippen LogP contribution in [0.25, 0.3) is 0 Å². The fraction of sp³-hybridized carbons (Fsp3) is 1.00. The van der Waals surface area contributed by atoms with E-state index in [1.807, 2.05) is 0 Å². The number of piperidine rings is 3. The molecule has 2 nitrogen and oxygen atoms in total. The van der Waals surface area contributed by atoms with Crippen LogP contribution in [0.15, 0.2) is 0 Å². The van der Waals surface area contributed by atoms with Gasteiger partial charge in [-0.25, -0.2) is 0 Å². The highest BCUT2D eigenvalue weighted by Gasteiger charge is 2.38. The van der Waals surface area contributed by atoms with Gasteiger partial charge in [-0.15, -0.1) is 12.4 Å². The zero-order chi connectivity index (χ0) is 19.8. The van der Waals surface area contributed by atoms with E-state index < -0.39 is 0 Å². The van der Waals surface area contributed by atoms with E-state index in [0.29, 0.717) is 0 Å². The molecule has 0 radical (unpaired) electrons. The normalized spacial score (nSPS) is 22.5. The quantitative estimate of drug-likeness (QED) is 0.201. The third-order valence-corrected chi connectivity index (χ3v) is 7.94. The van der Waals surface area contributed by atoms with Crippen LogP contribution >= 0.6 is 12.4 Å². The van der Waals surface area contributed by atoms with Crippen LogP contribution in [0.1, 0.15) is 148 Å². The van der Waals surface area contributed by atoms with Gasteiger partial charge in [0.05, 0.1) is 0 Å². The van der Waals surface area contributed by atoms with Crippen LogP contribution in [0.2, 0.25) is 0 Å². The molecular weight excluding hydrogens is 388 g/mol. The maximum absolute atomic E-state index is 2.68. The highest BCUT2D eigenvalue weighted by atomic mass is 35.5. The van der Waals surface area contributed by atoms with Crippen LogP contribution in [-0.2, 0) is 0 Å². The van der Waals surface area contributed by atoms with Crippen LogP contribution in [-0.4, -0.2) is 24.5 Å². The van der Waals surface area contributed by atoms with E-state index in [9.17, 15) is 0 Å². The minimum atomic E-state index is 0. The molecule has 182 valence electrons. The fourth-order valence-corrected chi connectivity index (χ4v) is 5.67. The average Bonchev–Trinajstić information content (AvgIpc) is 2.74. The smallest absolute Gasteiger partial charge is 0.00134 e. The Kier molecular flexibility index (Phi) is 20.0. The molecule has 3 fully saturated rings. The van der Waals surface area contributed by atoms with E-state index in [-0.39, 0.29) is 18.6 Å². The minimum Gasteiger partial charge on any atom is -0.344 e. The molecule has 0 unspecified atom stereocenters. The van der Waals surface area contributed by atoms with Gasteiger partial charge in [0.25, 0.3) is 0 Å². The molecule has 0 aromatic rings. The van der Waals surface area contributed by atoms with Gasteiger partial charge in [0.15, 0.2) is 0 Å². The summed E-state index contributed by atoms with van der Waals surface area (Å²) in [5.74, 6) is 0. The summed E-state index contributed by atoms with van der Waals surface area (Å²) in [5, 5.41) is 0. The van der Waals surface area contributed by atoms with Crippen molar-refractivity contribution in [2.75, 3.05) is 19.6 Å². The second kappa shape index (κ2) is 19.9. The Hall–Kier alpha value is 0.210. The number of hydrogen-bond donors (Lipinski definition) is 1. The maximum atomic E-state index is 2.68. The van der Waals surface area contributed by atoms with Crippen molar-refractivity contribution < 1.29 is 0 Å². The summed E-state index contributed by atoms with van der Waals surface area (Å²) in [4.78, 5) is 2.68. The van der Waals surface area contributed by atoms with Gasteiger partial charge >= 0.3 is 0 Å². The molecule has 3 heterocycles. The lowest BCUT2D eigenvalue weighted by atomic mass is 9.69. The van der Waals surface area contributed by atoms with Crippen molar-refractivity contribution in [3.63, 3.8) is 0 Å². The third kappa shape index (κ3) is 13.6. The van der Waals surface area contributed by atoms with Crippen LogP contribution < -0.4 is 6.15 Å². The van der Waals surface area contributed by atoms with Crippen molar-refractivity contribution in [1.82, 2.24) is 11.1 Å². The second-order valence-corrected chi connectivity index (χ2v) is 10.4. The molecule has 3 heteroatoms. The summed E-state index contributed by atoms with van der Waals surface area (Å²) in [7, 11) is 0. The third-order valence-electron chi connectivity index (χ3n) is 7.94. The van der Waals surface area contributed by atoms with Gasteiger partial charge in [0, 0.05) is 0 Å². The fourth-order valence-electron chi connectivity index (χ4n) is 5.67. The molecule has 0 amide bonds. The lowest BCUT2D eigenvalue weighted by Crippen LogP contribution is -2.48. The molecule has 3 N–H and O–H groups in total. The first-order valence-electron chi connectivity index (χ1n) is 13.6. The molecule has 3 saturated heterocycles. The SMILES string of the molecule is CCCCCCCCCCCCCCCCCCCCC12CCN(CC1)CC2.Cl.N. The standard InChI is InChI=1S/C27H53N.ClH.H3N/c1-2-3-4-5-6-7-8-9-10-11-12-13-14-15-16-17-18-19-20-27-21-24-28(25-22-27)26-23-27;;/h2-26H2,1H3;1H;1H3. The summed E-state index contributed by atoms with van der Waals surface area (Å²) in [6.07, 6.45) is 32.8. The predicted molar refractivity (Wildman–Crippen MR) is 138 cm³/mol. The number of rotatable bonds is 19. The van der Waals surface area contributed by atoms with E-state index >= 15 is 0 Å². The number of fused-ring (bicyclic) bond motifs is 3. The van der Waals surface area contributed by atoms with Crippen LogP contribution in [0.3, 0.4) is 0 Å². The Balaban J connectivity index is 0.00000420. The Morgan fingerprint density at radius 3 is 1.13 bits per heavy atom. The zero-order valence-corrected chi connectivity index (χ0v) is 21.6. The molecule has 0 aromatic carbocycles. The molecule has 3 rings (SSSR count). The van der Waals surface area contributed by atoms with Gasteiger partial charge in [0.1, 0.15) is 0 Å². The maximum Gasteiger partial charge on any atom is -0.00134 e. The summed E-state index contributed by atoms with van der Waals surface area (Å²) in [6.45, 7) is 6.51.